The third kappa shape index (κ3) is 3.95. The van der Waals surface area contributed by atoms with Gasteiger partial charge in [0.2, 0.25) is 0 Å². The van der Waals surface area contributed by atoms with Crippen LogP contribution in [-0.4, -0.2) is 9.97 Å². The molecule has 12 rings (SSSR count). The fourth-order valence-electron chi connectivity index (χ4n) is 10.6. The average Bonchev–Trinajstić information content (AvgIpc) is 3.76. The van der Waals surface area contributed by atoms with Crippen molar-refractivity contribution in [2.75, 3.05) is 0 Å². The van der Waals surface area contributed by atoms with Crippen LogP contribution in [0.15, 0.2) is 206 Å². The van der Waals surface area contributed by atoms with Crippen molar-refractivity contribution in [3.63, 3.8) is 0 Å². The first-order chi connectivity index (χ1) is 27.8. The van der Waals surface area contributed by atoms with Crippen LogP contribution >= 0.6 is 0 Å². The highest BCUT2D eigenvalue weighted by molar-refractivity contribution is 5.99. The highest BCUT2D eigenvalue weighted by Crippen LogP contribution is 2.69. The second-order valence-corrected chi connectivity index (χ2v) is 15.2. The molecule has 0 saturated heterocycles. The Labute approximate surface area is 326 Å². The van der Waals surface area contributed by atoms with Gasteiger partial charge in [-0.15, -0.1) is 0 Å². The fourth-order valence-corrected chi connectivity index (χ4v) is 10.6. The van der Waals surface area contributed by atoms with E-state index >= 15 is 0 Å². The Morgan fingerprint density at radius 3 is 1.50 bits per heavy atom. The predicted octanol–water partition coefficient (Wildman–Crippen LogP) is 12.5. The lowest BCUT2D eigenvalue weighted by molar-refractivity contribution is 0.636. The molecule has 0 bridgehead atoms. The number of hydrogen-bond acceptors (Lipinski definition) is 2. The molecule has 0 radical (unpaired) electrons. The Hall–Kier alpha value is -7.16. The number of nitrogens with zero attached hydrogens (tertiary/aromatic N) is 2. The van der Waals surface area contributed by atoms with E-state index in [4.69, 9.17) is 9.97 Å². The first-order valence-corrected chi connectivity index (χ1v) is 19.4. The van der Waals surface area contributed by atoms with Gasteiger partial charge in [-0.1, -0.05) is 200 Å². The molecule has 2 unspecified atom stereocenters. The zero-order chi connectivity index (χ0) is 36.8. The number of aromatic nitrogens is 2. The Balaban J connectivity index is 1.21. The van der Waals surface area contributed by atoms with Gasteiger partial charge < -0.3 is 0 Å². The highest BCUT2D eigenvalue weighted by atomic mass is 14.9. The number of rotatable bonds is 4. The molecule has 1 spiro atoms. The van der Waals surface area contributed by atoms with Gasteiger partial charge in [-0.3, -0.25) is 0 Å². The van der Waals surface area contributed by atoms with Crippen molar-refractivity contribution in [3.8, 4) is 56.2 Å². The summed E-state index contributed by atoms with van der Waals surface area (Å²) in [7, 11) is 0. The van der Waals surface area contributed by atoms with E-state index in [9.17, 15) is 0 Å². The van der Waals surface area contributed by atoms with Crippen molar-refractivity contribution in [2.45, 2.75) is 10.8 Å². The summed E-state index contributed by atoms with van der Waals surface area (Å²) in [5, 5.41) is 0. The summed E-state index contributed by atoms with van der Waals surface area (Å²) in [4.78, 5) is 10.5. The van der Waals surface area contributed by atoms with Crippen molar-refractivity contribution in [1.29, 1.82) is 0 Å². The van der Waals surface area contributed by atoms with Gasteiger partial charge in [-0.25, -0.2) is 9.97 Å². The molecule has 3 aliphatic carbocycles. The van der Waals surface area contributed by atoms with E-state index in [1.54, 1.807) is 0 Å². The molecule has 0 N–H and O–H groups in total. The topological polar surface area (TPSA) is 25.8 Å². The Morgan fingerprint density at radius 2 is 0.786 bits per heavy atom. The van der Waals surface area contributed by atoms with Crippen LogP contribution in [0.4, 0.5) is 0 Å². The van der Waals surface area contributed by atoms with Crippen molar-refractivity contribution < 1.29 is 0 Å². The molecule has 0 saturated carbocycles. The van der Waals surface area contributed by atoms with Crippen LogP contribution in [0.3, 0.4) is 0 Å². The maximum Gasteiger partial charge on any atom is 0.160 e. The van der Waals surface area contributed by atoms with E-state index in [0.717, 1.165) is 33.9 Å². The minimum absolute atomic E-state index is 0.469. The van der Waals surface area contributed by atoms with Crippen LogP contribution in [0.25, 0.3) is 56.2 Å². The van der Waals surface area contributed by atoms with E-state index in [1.165, 1.54) is 66.8 Å². The number of benzene rings is 8. The minimum atomic E-state index is -0.568. The maximum absolute atomic E-state index is 5.37. The molecule has 0 amide bonds. The van der Waals surface area contributed by atoms with E-state index in [1.807, 2.05) is 6.07 Å². The summed E-state index contributed by atoms with van der Waals surface area (Å²) in [5.41, 5.74) is 19.7. The third-order valence-corrected chi connectivity index (χ3v) is 12.6. The van der Waals surface area contributed by atoms with Gasteiger partial charge in [0.25, 0.3) is 0 Å². The lowest BCUT2D eigenvalue weighted by Crippen LogP contribution is -2.43. The smallest absolute Gasteiger partial charge is 0.160 e. The van der Waals surface area contributed by atoms with Crippen LogP contribution in [0, 0.1) is 0 Å². The molecular formula is C54H34N2. The molecule has 2 nitrogen and oxygen atoms in total. The highest BCUT2D eigenvalue weighted by Gasteiger charge is 2.59. The van der Waals surface area contributed by atoms with Crippen molar-refractivity contribution in [3.05, 3.63) is 251 Å². The van der Waals surface area contributed by atoms with Gasteiger partial charge in [-0.2, -0.15) is 0 Å². The minimum Gasteiger partial charge on any atom is -0.228 e. The lowest BCUT2D eigenvalue weighted by atomic mass is 9.52. The molecule has 8 aromatic carbocycles. The monoisotopic (exact) mass is 710 g/mol. The fraction of sp³-hybridized carbons (Fsp3) is 0.0370. The Morgan fingerprint density at radius 1 is 0.304 bits per heavy atom. The van der Waals surface area contributed by atoms with Gasteiger partial charge in [-0.05, 0) is 72.8 Å². The number of hydrogen-bond donors (Lipinski definition) is 0. The molecule has 1 heterocycles. The SMILES string of the molecule is c1ccc(-c2cc(-c3cccc4c3-c3ccccc3C43c4ccccc4C4(c5ccccc5)c5ccccc5-c5cccc3c54)nc(-c3ccccc3)n2)cc1. The quantitative estimate of drug-likeness (QED) is 0.182. The molecule has 0 aliphatic heterocycles. The van der Waals surface area contributed by atoms with Gasteiger partial charge in [0.1, 0.15) is 0 Å². The second kappa shape index (κ2) is 11.7. The van der Waals surface area contributed by atoms with E-state index in [2.05, 4.69) is 200 Å². The third-order valence-electron chi connectivity index (χ3n) is 12.6. The zero-order valence-electron chi connectivity index (χ0n) is 30.5. The first kappa shape index (κ1) is 31.2. The molecule has 2 atom stereocenters. The first-order valence-electron chi connectivity index (χ1n) is 19.4. The van der Waals surface area contributed by atoms with Gasteiger partial charge in [0.05, 0.1) is 22.2 Å². The van der Waals surface area contributed by atoms with Crippen LogP contribution in [0.1, 0.15) is 44.5 Å². The Kier molecular flexibility index (Phi) is 6.50. The van der Waals surface area contributed by atoms with Crippen molar-refractivity contribution in [2.24, 2.45) is 0 Å². The summed E-state index contributed by atoms with van der Waals surface area (Å²) >= 11 is 0. The molecule has 2 heteroatoms. The van der Waals surface area contributed by atoms with Gasteiger partial charge in [0.15, 0.2) is 5.82 Å². The standard InChI is InChI=1S/C54H34N2/c1-4-18-35(19-5-1)48-34-49(56-52(55-48)36-20-6-2-7-21-36)41-27-17-32-46-50(41)40-25-11-13-29-43(40)54(46)45-31-15-14-30-44(45)53(37-22-8-3-9-23-37)42-28-12-10-24-38(42)39-26-16-33-47(54)51(39)53/h1-34H. The molecule has 0 fully saturated rings. The van der Waals surface area contributed by atoms with Crippen molar-refractivity contribution in [1.82, 2.24) is 9.97 Å². The van der Waals surface area contributed by atoms with E-state index < -0.39 is 10.8 Å². The average molecular weight is 711 g/mol. The summed E-state index contributed by atoms with van der Waals surface area (Å²) in [5.74, 6) is 0.717. The largest absolute Gasteiger partial charge is 0.228 e. The van der Waals surface area contributed by atoms with E-state index in [-0.39, 0.29) is 0 Å². The molecule has 56 heavy (non-hydrogen) atoms. The van der Waals surface area contributed by atoms with Gasteiger partial charge in [0, 0.05) is 16.7 Å². The predicted molar refractivity (Wildman–Crippen MR) is 227 cm³/mol. The normalized spacial score (nSPS) is 17.8. The maximum atomic E-state index is 5.37. The summed E-state index contributed by atoms with van der Waals surface area (Å²) in [6.45, 7) is 0. The molecule has 3 aliphatic rings. The van der Waals surface area contributed by atoms with E-state index in [0.29, 0.717) is 0 Å². The van der Waals surface area contributed by atoms with Crippen LogP contribution in [0.5, 0.6) is 0 Å². The van der Waals surface area contributed by atoms with Crippen LogP contribution < -0.4 is 0 Å². The van der Waals surface area contributed by atoms with Crippen LogP contribution in [-0.2, 0) is 10.8 Å². The molecular weight excluding hydrogens is 677 g/mol. The van der Waals surface area contributed by atoms with Crippen molar-refractivity contribution >= 4 is 0 Å². The zero-order valence-corrected chi connectivity index (χ0v) is 30.5. The summed E-state index contributed by atoms with van der Waals surface area (Å²) < 4.78 is 0. The summed E-state index contributed by atoms with van der Waals surface area (Å²) in [6.07, 6.45) is 0. The molecule has 9 aromatic rings. The van der Waals surface area contributed by atoms with Crippen LogP contribution in [0.2, 0.25) is 0 Å². The number of fused-ring (bicyclic) bond motifs is 12. The summed E-state index contributed by atoms with van der Waals surface area (Å²) in [6, 6.07) is 75.6. The van der Waals surface area contributed by atoms with Gasteiger partial charge >= 0.3 is 0 Å². The second-order valence-electron chi connectivity index (χ2n) is 15.2. The Bertz CT molecular complexity index is 2970. The molecule has 1 aromatic heterocycles. The lowest BCUT2D eigenvalue weighted by Gasteiger charge is -2.48. The molecule has 260 valence electrons.